The molecule has 0 unspecified atom stereocenters. The van der Waals surface area contributed by atoms with E-state index in [9.17, 15) is 29.7 Å². The van der Waals surface area contributed by atoms with Crippen molar-refractivity contribution in [2.45, 2.75) is 125 Å². The van der Waals surface area contributed by atoms with Crippen LogP contribution >= 0.6 is 0 Å². The Hall–Kier alpha value is -1.12. The minimum Gasteiger partial charge on any atom is -0.512 e. The number of allylic oxidation sites excluding steroid dienone is 6. The molecule has 0 aromatic carbocycles. The third-order valence-corrected chi connectivity index (χ3v) is 5.33. The molecule has 0 fully saturated rings. The van der Waals surface area contributed by atoms with Gasteiger partial charge in [0.2, 0.25) is 0 Å². The molecule has 0 saturated heterocycles. The molecule has 0 spiro atoms. The summed E-state index contributed by atoms with van der Waals surface area (Å²) < 4.78 is 0. The Morgan fingerprint density at radius 1 is 0.350 bits per heavy atom. The molecule has 0 aliphatic carbocycles. The fourth-order valence-electron chi connectivity index (χ4n) is 1.67. The van der Waals surface area contributed by atoms with Crippen LogP contribution in [0.15, 0.2) is 35.5 Å². The van der Waals surface area contributed by atoms with E-state index in [0.29, 0.717) is 0 Å². The molecule has 240 valence electrons. The summed E-state index contributed by atoms with van der Waals surface area (Å²) in [4.78, 5) is 34.5. The third kappa shape index (κ3) is 21.6. The summed E-state index contributed by atoms with van der Waals surface area (Å²) in [6, 6.07) is 0. The first-order chi connectivity index (χ1) is 16.6. The van der Waals surface area contributed by atoms with E-state index >= 15 is 0 Å². The van der Waals surface area contributed by atoms with E-state index in [0.717, 1.165) is 0 Å². The van der Waals surface area contributed by atoms with Gasteiger partial charge < -0.3 is 15.3 Å². The fraction of sp³-hybridized carbons (Fsp3) is 0.727. The topological polar surface area (TPSA) is 112 Å². The second-order valence-corrected chi connectivity index (χ2v) is 16.2. The summed E-state index contributed by atoms with van der Waals surface area (Å²) in [5, 5.41) is 28.7. The van der Waals surface area contributed by atoms with Crippen molar-refractivity contribution in [3.05, 3.63) is 35.5 Å². The van der Waals surface area contributed by atoms with Crippen molar-refractivity contribution in [1.82, 2.24) is 0 Å². The van der Waals surface area contributed by atoms with Gasteiger partial charge in [-0.25, -0.2) is 0 Å². The smallest absolute Gasteiger partial charge is 0.164 e. The average molecular weight is 720 g/mol. The Morgan fingerprint density at radius 2 is 0.475 bits per heavy atom. The third-order valence-electron chi connectivity index (χ3n) is 5.33. The Balaban J connectivity index is -0.000000240. The van der Waals surface area contributed by atoms with Crippen LogP contribution in [0, 0.1) is 69.8 Å². The fourth-order valence-corrected chi connectivity index (χ4v) is 1.67. The quantitative estimate of drug-likeness (QED) is 0.198. The number of aliphatic hydroxyl groups is 3. The van der Waals surface area contributed by atoms with Gasteiger partial charge >= 0.3 is 0 Å². The van der Waals surface area contributed by atoms with Crippen molar-refractivity contribution in [2.75, 3.05) is 0 Å². The van der Waals surface area contributed by atoms with Crippen LogP contribution in [-0.2, 0) is 14.4 Å². The maximum Gasteiger partial charge on any atom is 0.164 e. The van der Waals surface area contributed by atoms with E-state index in [-0.39, 0.29) is 88.2 Å². The number of ketones is 3. The Labute approximate surface area is 275 Å². The summed E-state index contributed by atoms with van der Waals surface area (Å²) in [7, 11) is 0. The molecular weight excluding hydrogens is 660 g/mol. The van der Waals surface area contributed by atoms with Crippen LogP contribution in [-0.4, -0.2) is 32.7 Å². The van der Waals surface area contributed by atoms with Gasteiger partial charge in [-0.05, 0) is 0 Å². The minimum absolute atomic E-state index is 0. The van der Waals surface area contributed by atoms with Gasteiger partial charge in [-0.2, -0.15) is 0 Å². The molecule has 0 aliphatic heterocycles. The van der Waals surface area contributed by atoms with Crippen molar-refractivity contribution in [3.63, 3.8) is 0 Å². The zero-order chi connectivity index (χ0) is 32.6. The molecule has 0 aliphatic rings. The number of carbonyl (C=O) groups excluding carboxylic acids is 3. The zero-order valence-electron chi connectivity index (χ0n) is 28.6. The monoisotopic (exact) mass is 718 g/mol. The molecule has 40 heavy (non-hydrogen) atoms. The first kappa shape index (κ1) is 45.9. The Kier molecular flexibility index (Phi) is 18.9. The second-order valence-electron chi connectivity index (χ2n) is 16.2. The van der Waals surface area contributed by atoms with Crippen LogP contribution in [0.1, 0.15) is 125 Å². The van der Waals surface area contributed by atoms with Crippen molar-refractivity contribution < 1.29 is 67.0 Å². The van der Waals surface area contributed by atoms with Crippen molar-refractivity contribution in [2.24, 2.45) is 32.5 Å². The van der Waals surface area contributed by atoms with Gasteiger partial charge in [-0.1, -0.05) is 125 Å². The zero-order valence-corrected chi connectivity index (χ0v) is 30.4. The van der Waals surface area contributed by atoms with Crippen LogP contribution in [0.25, 0.3) is 0 Å². The SMILES string of the molecule is CC(C)(C)C(=O)C=C(O)C(C)(C)C.CC(C)(C)C(=O)C=C(O)C(C)(C)C.CC(C)(C)C(=O)C=C(O)C(C)(C)C.[Er]. The van der Waals surface area contributed by atoms with Gasteiger partial charge in [0.05, 0.1) is 0 Å². The van der Waals surface area contributed by atoms with Gasteiger partial charge in [0.1, 0.15) is 17.3 Å². The number of rotatable bonds is 3. The predicted octanol–water partition coefficient (Wildman–Crippen LogP) is 9.27. The van der Waals surface area contributed by atoms with Gasteiger partial charge in [-0.15, -0.1) is 0 Å². The van der Waals surface area contributed by atoms with Gasteiger partial charge in [0, 0.05) is 88.0 Å². The molecule has 7 heteroatoms. The summed E-state index contributed by atoms with van der Waals surface area (Å²) in [5.74, 6) is 0.312. The van der Waals surface area contributed by atoms with E-state index in [1.54, 1.807) is 0 Å². The predicted molar refractivity (Wildman–Crippen MR) is 164 cm³/mol. The number of hydrogen-bond acceptors (Lipinski definition) is 6. The molecule has 0 amide bonds. The molecule has 0 bridgehead atoms. The maximum absolute atomic E-state index is 11.5. The molecule has 3 N–H and O–H groups in total. The van der Waals surface area contributed by atoms with Gasteiger partial charge in [0.25, 0.3) is 0 Å². The van der Waals surface area contributed by atoms with E-state index in [2.05, 4.69) is 0 Å². The average Bonchev–Trinajstić information content (AvgIpc) is 2.64. The molecule has 0 rings (SSSR count). The molecule has 0 aromatic heterocycles. The summed E-state index contributed by atoms with van der Waals surface area (Å²) in [5.41, 5.74) is -2.29. The molecular formula is C33H60ErO6. The summed E-state index contributed by atoms with van der Waals surface area (Å²) in [6.45, 7) is 33.3. The molecule has 0 saturated carbocycles. The molecule has 0 aromatic rings. The number of aliphatic hydroxyl groups excluding tert-OH is 3. The summed E-state index contributed by atoms with van der Waals surface area (Å²) in [6.07, 6.45) is 4.00. The van der Waals surface area contributed by atoms with E-state index < -0.39 is 16.2 Å². The molecule has 0 atom stereocenters. The molecule has 0 heterocycles. The standard InChI is InChI=1S/3C11H20O2.Er/c3*1-10(2,3)8(12)7-9(13)11(4,5)6;/h3*7,12H,1-6H3;. The molecule has 6 nitrogen and oxygen atoms in total. The van der Waals surface area contributed by atoms with Crippen molar-refractivity contribution >= 4 is 17.3 Å². The van der Waals surface area contributed by atoms with E-state index in [1.165, 1.54) is 18.2 Å². The normalized spacial score (nSPS) is 14.1. The van der Waals surface area contributed by atoms with Crippen LogP contribution in [0.2, 0.25) is 0 Å². The van der Waals surface area contributed by atoms with E-state index in [1.807, 2.05) is 125 Å². The van der Waals surface area contributed by atoms with Crippen LogP contribution in [0.5, 0.6) is 0 Å². The van der Waals surface area contributed by atoms with Gasteiger partial charge in [-0.3, -0.25) is 14.4 Å². The first-order valence-corrected chi connectivity index (χ1v) is 13.5. The second kappa shape index (κ2) is 16.5. The maximum atomic E-state index is 11.5. The van der Waals surface area contributed by atoms with Crippen LogP contribution in [0.4, 0.5) is 0 Å². The Bertz CT molecular complexity index is 801. The molecule has 0 radical (unpaired) electrons. The van der Waals surface area contributed by atoms with E-state index in [4.69, 9.17) is 0 Å². The van der Waals surface area contributed by atoms with Crippen molar-refractivity contribution in [3.8, 4) is 0 Å². The van der Waals surface area contributed by atoms with Crippen molar-refractivity contribution in [1.29, 1.82) is 0 Å². The number of carbonyl (C=O) groups is 3. The largest absolute Gasteiger partial charge is 0.512 e. The Morgan fingerprint density at radius 3 is 0.550 bits per heavy atom. The minimum atomic E-state index is -0.417. The number of hydrogen-bond donors (Lipinski definition) is 3. The summed E-state index contributed by atoms with van der Waals surface area (Å²) >= 11 is 0. The first-order valence-electron chi connectivity index (χ1n) is 13.5. The van der Waals surface area contributed by atoms with Crippen LogP contribution < -0.4 is 0 Å². The van der Waals surface area contributed by atoms with Crippen LogP contribution in [0.3, 0.4) is 0 Å². The van der Waals surface area contributed by atoms with Gasteiger partial charge in [0.15, 0.2) is 17.3 Å².